The fraction of sp³-hybridized carbons (Fsp3) is 0.667. The zero-order valence-corrected chi connectivity index (χ0v) is 13.1. The SMILES string of the molecule is Cc1ccccc1COC1C[C@@]2(C(C)C)CC[C@]1(C)O2. The first-order valence-corrected chi connectivity index (χ1v) is 7.81. The van der Waals surface area contributed by atoms with Crippen LogP contribution in [0, 0.1) is 12.8 Å². The van der Waals surface area contributed by atoms with Gasteiger partial charge in [0.2, 0.25) is 0 Å². The molecule has 2 heterocycles. The summed E-state index contributed by atoms with van der Waals surface area (Å²) in [5.74, 6) is 0.566. The quantitative estimate of drug-likeness (QED) is 0.817. The molecule has 0 amide bonds. The van der Waals surface area contributed by atoms with Crippen LogP contribution in [-0.4, -0.2) is 17.3 Å². The van der Waals surface area contributed by atoms with Gasteiger partial charge in [-0.3, -0.25) is 0 Å². The maximum atomic E-state index is 6.42. The molecule has 1 aromatic carbocycles. The highest BCUT2D eigenvalue weighted by Crippen LogP contribution is 2.55. The molecule has 0 radical (unpaired) electrons. The van der Waals surface area contributed by atoms with E-state index in [1.807, 2.05) is 0 Å². The molecule has 2 bridgehead atoms. The molecule has 3 atom stereocenters. The van der Waals surface area contributed by atoms with E-state index in [9.17, 15) is 0 Å². The summed E-state index contributed by atoms with van der Waals surface area (Å²) in [6.45, 7) is 9.62. The Kier molecular flexibility index (Phi) is 3.42. The third-order valence-electron chi connectivity index (χ3n) is 5.45. The zero-order valence-electron chi connectivity index (χ0n) is 13.1. The van der Waals surface area contributed by atoms with Crippen molar-refractivity contribution in [2.75, 3.05) is 0 Å². The van der Waals surface area contributed by atoms with Crippen molar-refractivity contribution in [1.82, 2.24) is 0 Å². The molecule has 2 aliphatic heterocycles. The molecule has 1 aromatic rings. The van der Waals surface area contributed by atoms with E-state index in [1.165, 1.54) is 17.5 Å². The van der Waals surface area contributed by atoms with Crippen LogP contribution in [0.25, 0.3) is 0 Å². The number of fused-ring (bicyclic) bond motifs is 2. The average molecular weight is 274 g/mol. The normalized spacial score (nSPS) is 36.0. The molecule has 110 valence electrons. The lowest BCUT2D eigenvalue weighted by atomic mass is 9.75. The maximum Gasteiger partial charge on any atom is 0.0924 e. The van der Waals surface area contributed by atoms with Gasteiger partial charge in [0.15, 0.2) is 0 Å². The van der Waals surface area contributed by atoms with E-state index in [4.69, 9.17) is 9.47 Å². The van der Waals surface area contributed by atoms with Crippen molar-refractivity contribution in [2.24, 2.45) is 5.92 Å². The van der Waals surface area contributed by atoms with Crippen molar-refractivity contribution in [1.29, 1.82) is 0 Å². The molecular formula is C18H26O2. The lowest BCUT2D eigenvalue weighted by molar-refractivity contribution is -0.0960. The molecule has 2 heteroatoms. The van der Waals surface area contributed by atoms with Gasteiger partial charge in [-0.05, 0) is 43.7 Å². The number of aryl methyl sites for hydroxylation is 1. The highest BCUT2D eigenvalue weighted by molar-refractivity contribution is 5.24. The maximum absolute atomic E-state index is 6.42. The van der Waals surface area contributed by atoms with Crippen molar-refractivity contribution in [3.63, 3.8) is 0 Å². The zero-order chi connectivity index (χ0) is 14.4. The Morgan fingerprint density at radius 2 is 2.05 bits per heavy atom. The van der Waals surface area contributed by atoms with Gasteiger partial charge in [-0.1, -0.05) is 38.1 Å². The highest BCUT2D eigenvalue weighted by atomic mass is 16.6. The summed E-state index contributed by atoms with van der Waals surface area (Å²) in [5.41, 5.74) is 2.58. The van der Waals surface area contributed by atoms with Gasteiger partial charge in [0.1, 0.15) is 0 Å². The predicted molar refractivity (Wildman–Crippen MR) is 80.7 cm³/mol. The molecule has 2 saturated heterocycles. The average Bonchev–Trinajstić information content (AvgIpc) is 2.90. The van der Waals surface area contributed by atoms with E-state index in [0.717, 1.165) is 12.8 Å². The minimum absolute atomic E-state index is 0.0607. The standard InChI is InChI=1S/C18H26O2/c1-13(2)18-10-9-17(4,20-18)16(11-18)19-12-15-8-6-5-7-14(15)3/h5-8,13,16H,9-12H2,1-4H3/t16?,17-,18+/m0/s1. The van der Waals surface area contributed by atoms with Crippen LogP contribution in [0.4, 0.5) is 0 Å². The summed E-state index contributed by atoms with van der Waals surface area (Å²) in [5, 5.41) is 0. The molecule has 0 saturated carbocycles. The van der Waals surface area contributed by atoms with Gasteiger partial charge in [-0.25, -0.2) is 0 Å². The largest absolute Gasteiger partial charge is 0.370 e. The Labute approximate surface area is 122 Å². The smallest absolute Gasteiger partial charge is 0.0924 e. The first kappa shape index (κ1) is 14.1. The lowest BCUT2D eigenvalue weighted by Crippen LogP contribution is -2.38. The minimum atomic E-state index is -0.0764. The van der Waals surface area contributed by atoms with Gasteiger partial charge in [0, 0.05) is 6.42 Å². The second-order valence-corrected chi connectivity index (χ2v) is 7.06. The van der Waals surface area contributed by atoms with Gasteiger partial charge in [0.25, 0.3) is 0 Å². The number of rotatable bonds is 4. The Morgan fingerprint density at radius 1 is 1.30 bits per heavy atom. The van der Waals surface area contributed by atoms with E-state index in [-0.39, 0.29) is 17.3 Å². The van der Waals surface area contributed by atoms with Gasteiger partial charge in [0.05, 0.1) is 23.9 Å². The topological polar surface area (TPSA) is 18.5 Å². The lowest BCUT2D eigenvalue weighted by Gasteiger charge is -2.31. The summed E-state index contributed by atoms with van der Waals surface area (Å²) in [6.07, 6.45) is 3.60. The van der Waals surface area contributed by atoms with E-state index >= 15 is 0 Å². The molecule has 1 unspecified atom stereocenters. The van der Waals surface area contributed by atoms with Crippen molar-refractivity contribution in [3.05, 3.63) is 35.4 Å². The fourth-order valence-corrected chi connectivity index (χ4v) is 3.77. The first-order valence-electron chi connectivity index (χ1n) is 7.81. The number of hydrogen-bond donors (Lipinski definition) is 0. The van der Waals surface area contributed by atoms with Crippen LogP contribution in [0.15, 0.2) is 24.3 Å². The summed E-state index contributed by atoms with van der Waals surface area (Å²) >= 11 is 0. The minimum Gasteiger partial charge on any atom is -0.370 e. The summed E-state index contributed by atoms with van der Waals surface area (Å²) in [6, 6.07) is 8.46. The molecular weight excluding hydrogens is 248 g/mol. The second kappa shape index (κ2) is 4.85. The third-order valence-corrected chi connectivity index (χ3v) is 5.45. The third kappa shape index (κ3) is 2.19. The van der Waals surface area contributed by atoms with Crippen LogP contribution in [0.1, 0.15) is 51.2 Å². The Bertz CT molecular complexity index is 496. The monoisotopic (exact) mass is 274 g/mol. The molecule has 0 N–H and O–H groups in total. The Morgan fingerprint density at radius 3 is 2.70 bits per heavy atom. The van der Waals surface area contributed by atoms with Gasteiger partial charge in [-0.15, -0.1) is 0 Å². The summed E-state index contributed by atoms with van der Waals surface area (Å²) < 4.78 is 12.7. The van der Waals surface area contributed by atoms with Crippen LogP contribution in [-0.2, 0) is 16.1 Å². The van der Waals surface area contributed by atoms with Gasteiger partial charge >= 0.3 is 0 Å². The van der Waals surface area contributed by atoms with Gasteiger partial charge < -0.3 is 9.47 Å². The molecule has 2 aliphatic rings. The molecule has 3 rings (SSSR count). The van der Waals surface area contributed by atoms with E-state index in [2.05, 4.69) is 52.0 Å². The molecule has 20 heavy (non-hydrogen) atoms. The Balaban J connectivity index is 1.69. The highest BCUT2D eigenvalue weighted by Gasteiger charge is 2.60. The molecule has 0 spiro atoms. The van der Waals surface area contributed by atoms with Crippen molar-refractivity contribution >= 4 is 0 Å². The van der Waals surface area contributed by atoms with E-state index in [0.29, 0.717) is 12.5 Å². The van der Waals surface area contributed by atoms with Crippen LogP contribution < -0.4 is 0 Å². The van der Waals surface area contributed by atoms with Crippen LogP contribution in [0.5, 0.6) is 0 Å². The van der Waals surface area contributed by atoms with Crippen LogP contribution >= 0.6 is 0 Å². The Hall–Kier alpha value is -0.860. The molecule has 2 nitrogen and oxygen atoms in total. The fourth-order valence-electron chi connectivity index (χ4n) is 3.77. The number of benzene rings is 1. The van der Waals surface area contributed by atoms with E-state index in [1.54, 1.807) is 0 Å². The van der Waals surface area contributed by atoms with Crippen LogP contribution in [0.2, 0.25) is 0 Å². The predicted octanol–water partition coefficient (Wildman–Crippen LogP) is 4.25. The van der Waals surface area contributed by atoms with Crippen molar-refractivity contribution in [2.45, 2.75) is 70.9 Å². The van der Waals surface area contributed by atoms with Crippen molar-refractivity contribution in [3.8, 4) is 0 Å². The van der Waals surface area contributed by atoms with E-state index < -0.39 is 0 Å². The van der Waals surface area contributed by atoms with Crippen molar-refractivity contribution < 1.29 is 9.47 Å². The number of ether oxygens (including phenoxy) is 2. The van der Waals surface area contributed by atoms with Gasteiger partial charge in [-0.2, -0.15) is 0 Å². The molecule has 0 aliphatic carbocycles. The summed E-state index contributed by atoms with van der Waals surface area (Å²) in [7, 11) is 0. The summed E-state index contributed by atoms with van der Waals surface area (Å²) in [4.78, 5) is 0. The first-order chi connectivity index (χ1) is 9.45. The number of hydrogen-bond acceptors (Lipinski definition) is 2. The molecule has 2 fully saturated rings. The second-order valence-electron chi connectivity index (χ2n) is 7.06. The van der Waals surface area contributed by atoms with Crippen LogP contribution in [0.3, 0.4) is 0 Å². The molecule has 0 aromatic heterocycles.